The van der Waals surface area contributed by atoms with Crippen molar-refractivity contribution in [3.8, 4) is 0 Å². The molecule has 0 fully saturated rings. The number of thiophene rings is 1. The number of urea groups is 1. The van der Waals surface area contributed by atoms with Crippen LogP contribution in [0.3, 0.4) is 0 Å². The zero-order valence-corrected chi connectivity index (χ0v) is 11.7. The number of nitrogens with one attached hydrogen (secondary N) is 1. The van der Waals surface area contributed by atoms with Crippen LogP contribution in [0, 0.1) is 6.92 Å². The van der Waals surface area contributed by atoms with Gasteiger partial charge in [-0.15, -0.1) is 11.3 Å². The van der Waals surface area contributed by atoms with Gasteiger partial charge in [-0.1, -0.05) is 12.1 Å². The Bertz CT molecular complexity index is 606. The second kappa shape index (κ2) is 5.05. The van der Waals surface area contributed by atoms with Crippen molar-refractivity contribution < 1.29 is 4.79 Å². The number of carbonyl (C=O) groups excluding carboxylic acids is 1. The minimum absolute atomic E-state index is 0.0116. The third kappa shape index (κ3) is 2.63. The summed E-state index contributed by atoms with van der Waals surface area (Å²) >= 11 is 1.79. The van der Waals surface area contributed by atoms with Gasteiger partial charge < -0.3 is 10.2 Å². The van der Waals surface area contributed by atoms with Crippen molar-refractivity contribution in [2.45, 2.75) is 19.9 Å². The van der Waals surface area contributed by atoms with Gasteiger partial charge in [0.2, 0.25) is 0 Å². The minimum Gasteiger partial charge on any atom is -0.320 e. The van der Waals surface area contributed by atoms with E-state index in [2.05, 4.69) is 16.8 Å². The van der Waals surface area contributed by atoms with Crippen LogP contribution in [0.15, 0.2) is 35.7 Å². The highest BCUT2D eigenvalue weighted by Crippen LogP contribution is 2.24. The Morgan fingerprint density at radius 3 is 3.11 bits per heavy atom. The van der Waals surface area contributed by atoms with Gasteiger partial charge in [-0.25, -0.2) is 4.79 Å². The lowest BCUT2D eigenvalue weighted by molar-refractivity contribution is 0.207. The molecule has 2 aromatic rings. The van der Waals surface area contributed by atoms with Crippen LogP contribution in [0.2, 0.25) is 0 Å². The number of nitrogens with zero attached hydrogens (tertiary/aromatic N) is 1. The molecule has 1 aliphatic heterocycles. The summed E-state index contributed by atoms with van der Waals surface area (Å²) in [4.78, 5) is 15.5. The number of fused-ring (bicyclic) bond motifs is 1. The van der Waals surface area contributed by atoms with Crippen LogP contribution in [-0.2, 0) is 13.0 Å². The van der Waals surface area contributed by atoms with Crippen molar-refractivity contribution in [2.75, 3.05) is 11.9 Å². The number of hydrogen-bond donors (Lipinski definition) is 1. The minimum atomic E-state index is -0.0116. The highest BCUT2D eigenvalue weighted by atomic mass is 32.1. The predicted octanol–water partition coefficient (Wildman–Crippen LogP) is 3.65. The zero-order valence-electron chi connectivity index (χ0n) is 10.8. The lowest BCUT2D eigenvalue weighted by Crippen LogP contribution is -2.38. The van der Waals surface area contributed by atoms with E-state index in [4.69, 9.17) is 0 Å². The molecule has 98 valence electrons. The van der Waals surface area contributed by atoms with Gasteiger partial charge >= 0.3 is 6.03 Å². The van der Waals surface area contributed by atoms with E-state index in [-0.39, 0.29) is 6.03 Å². The maximum absolute atomic E-state index is 12.2. The molecule has 0 unspecified atom stereocenters. The summed E-state index contributed by atoms with van der Waals surface area (Å²) in [6, 6.07) is 9.99. The van der Waals surface area contributed by atoms with Gasteiger partial charge in [0.05, 0.1) is 0 Å². The lowest BCUT2D eigenvalue weighted by atomic mass is 10.1. The molecule has 0 aliphatic carbocycles. The van der Waals surface area contributed by atoms with Crippen molar-refractivity contribution in [3.63, 3.8) is 0 Å². The fourth-order valence-corrected chi connectivity index (χ4v) is 3.24. The fourth-order valence-electron chi connectivity index (χ4n) is 2.35. The first-order valence-corrected chi connectivity index (χ1v) is 7.28. The summed E-state index contributed by atoms with van der Waals surface area (Å²) < 4.78 is 0. The highest BCUT2D eigenvalue weighted by Gasteiger charge is 2.21. The number of carbonyl (C=O) groups is 1. The topological polar surface area (TPSA) is 32.3 Å². The quantitative estimate of drug-likeness (QED) is 0.844. The van der Waals surface area contributed by atoms with E-state index in [1.807, 2.05) is 36.1 Å². The monoisotopic (exact) mass is 272 g/mol. The van der Waals surface area contributed by atoms with E-state index < -0.39 is 0 Å². The number of hydrogen-bond acceptors (Lipinski definition) is 2. The Labute approximate surface area is 116 Å². The molecule has 0 atom stereocenters. The van der Waals surface area contributed by atoms with Gasteiger partial charge in [-0.2, -0.15) is 0 Å². The Balaban J connectivity index is 1.69. The molecule has 0 saturated carbocycles. The second-order valence-electron chi connectivity index (χ2n) is 4.84. The number of benzene rings is 1. The van der Waals surface area contributed by atoms with Gasteiger partial charge in [-0.05, 0) is 48.1 Å². The van der Waals surface area contributed by atoms with Gasteiger partial charge in [0.1, 0.15) is 0 Å². The lowest BCUT2D eigenvalue weighted by Gasteiger charge is -2.27. The van der Waals surface area contributed by atoms with Crippen molar-refractivity contribution in [3.05, 3.63) is 51.7 Å². The van der Waals surface area contributed by atoms with E-state index in [0.717, 1.165) is 30.8 Å². The number of rotatable bonds is 1. The largest absolute Gasteiger partial charge is 0.322 e. The van der Waals surface area contributed by atoms with Crippen molar-refractivity contribution in [1.82, 2.24) is 4.90 Å². The SMILES string of the molecule is Cc1cccc(NC(=O)N2CCc3sccc3C2)c1. The standard InChI is InChI=1S/C15H16N2OS/c1-11-3-2-4-13(9-11)16-15(18)17-7-5-14-12(10-17)6-8-19-14/h2-4,6,8-9H,5,7,10H2,1H3,(H,16,18). The smallest absolute Gasteiger partial charge is 0.320 e. The first-order valence-electron chi connectivity index (χ1n) is 6.40. The Morgan fingerprint density at radius 2 is 2.26 bits per heavy atom. The van der Waals surface area contributed by atoms with Gasteiger partial charge in [0, 0.05) is 23.7 Å². The first kappa shape index (κ1) is 12.2. The Hall–Kier alpha value is -1.81. The summed E-state index contributed by atoms with van der Waals surface area (Å²) in [5.41, 5.74) is 3.30. The van der Waals surface area contributed by atoms with Crippen LogP contribution < -0.4 is 5.32 Å². The van der Waals surface area contributed by atoms with Gasteiger partial charge in [0.15, 0.2) is 0 Å². The van der Waals surface area contributed by atoms with Crippen LogP contribution in [0.25, 0.3) is 0 Å². The maximum Gasteiger partial charge on any atom is 0.322 e. The number of anilines is 1. The first-order chi connectivity index (χ1) is 9.22. The summed E-state index contributed by atoms with van der Waals surface area (Å²) in [6.07, 6.45) is 0.967. The van der Waals surface area contributed by atoms with E-state index in [0.29, 0.717) is 0 Å². The molecular formula is C15H16N2OS. The number of aryl methyl sites for hydroxylation is 1. The summed E-state index contributed by atoms with van der Waals surface area (Å²) in [5, 5.41) is 5.07. The van der Waals surface area contributed by atoms with E-state index in [1.54, 1.807) is 11.3 Å². The van der Waals surface area contributed by atoms with E-state index in [1.165, 1.54) is 10.4 Å². The zero-order chi connectivity index (χ0) is 13.2. The molecule has 0 saturated heterocycles. The molecule has 0 bridgehead atoms. The molecule has 4 heteroatoms. The molecule has 1 aliphatic rings. The van der Waals surface area contributed by atoms with Crippen molar-refractivity contribution >= 4 is 23.1 Å². The van der Waals surface area contributed by atoms with Crippen LogP contribution in [0.5, 0.6) is 0 Å². The van der Waals surface area contributed by atoms with E-state index in [9.17, 15) is 4.79 Å². The van der Waals surface area contributed by atoms with Gasteiger partial charge in [0.25, 0.3) is 0 Å². The van der Waals surface area contributed by atoms with Crippen LogP contribution in [-0.4, -0.2) is 17.5 Å². The van der Waals surface area contributed by atoms with E-state index >= 15 is 0 Å². The molecule has 1 aromatic carbocycles. The van der Waals surface area contributed by atoms with Crippen molar-refractivity contribution in [1.29, 1.82) is 0 Å². The Morgan fingerprint density at radius 1 is 1.37 bits per heavy atom. The molecule has 2 amide bonds. The number of amides is 2. The molecule has 1 aromatic heterocycles. The molecule has 1 N–H and O–H groups in total. The van der Waals surface area contributed by atoms with Gasteiger partial charge in [-0.3, -0.25) is 0 Å². The van der Waals surface area contributed by atoms with Crippen LogP contribution in [0.4, 0.5) is 10.5 Å². The Kier molecular flexibility index (Phi) is 3.25. The van der Waals surface area contributed by atoms with Crippen LogP contribution >= 0.6 is 11.3 Å². The predicted molar refractivity (Wildman–Crippen MR) is 78.6 cm³/mol. The van der Waals surface area contributed by atoms with Crippen molar-refractivity contribution in [2.24, 2.45) is 0 Å². The molecule has 3 nitrogen and oxygen atoms in total. The third-order valence-electron chi connectivity index (χ3n) is 3.36. The molecule has 3 rings (SSSR count). The maximum atomic E-state index is 12.2. The summed E-state index contributed by atoms with van der Waals surface area (Å²) in [7, 11) is 0. The second-order valence-corrected chi connectivity index (χ2v) is 5.84. The summed E-state index contributed by atoms with van der Waals surface area (Å²) in [6.45, 7) is 3.54. The average Bonchev–Trinajstić information content (AvgIpc) is 2.85. The van der Waals surface area contributed by atoms with Crippen LogP contribution in [0.1, 0.15) is 16.0 Å². The molecule has 0 spiro atoms. The normalized spacial score (nSPS) is 14.1. The average molecular weight is 272 g/mol. The summed E-state index contributed by atoms with van der Waals surface area (Å²) in [5.74, 6) is 0. The highest BCUT2D eigenvalue weighted by molar-refractivity contribution is 7.10. The third-order valence-corrected chi connectivity index (χ3v) is 4.39. The molecule has 2 heterocycles. The fraction of sp³-hybridized carbons (Fsp3) is 0.267. The molecule has 0 radical (unpaired) electrons. The molecular weight excluding hydrogens is 256 g/mol. The molecule has 19 heavy (non-hydrogen) atoms.